The van der Waals surface area contributed by atoms with E-state index in [9.17, 15) is 0 Å². The van der Waals surface area contributed by atoms with Gasteiger partial charge in [0.05, 0.1) is 0 Å². The van der Waals surface area contributed by atoms with Gasteiger partial charge in [0.2, 0.25) is 5.95 Å². The topological polar surface area (TPSA) is 78.9 Å². The molecule has 5 heteroatoms. The Hall–Kier alpha value is -1.65. The van der Waals surface area contributed by atoms with Crippen molar-refractivity contribution in [2.75, 3.05) is 18.0 Å². The molecule has 0 amide bonds. The quantitative estimate of drug-likeness (QED) is 0.562. The molecular weight excluding hydrogens is 202 g/mol. The normalized spacial score (nSPS) is 10.1. The smallest absolute Gasteiger partial charge is 0.225 e. The fourth-order valence-corrected chi connectivity index (χ4v) is 1.50. The second-order valence-electron chi connectivity index (χ2n) is 3.64. The lowest BCUT2D eigenvalue weighted by Crippen LogP contribution is -2.28. The van der Waals surface area contributed by atoms with Gasteiger partial charge in [-0.05, 0) is 18.9 Å². The SMILES string of the molecule is CCCN(CCC)c1nccc(C(=N)N)n1. The van der Waals surface area contributed by atoms with Crippen molar-refractivity contribution in [2.45, 2.75) is 26.7 Å². The first-order valence-corrected chi connectivity index (χ1v) is 5.61. The summed E-state index contributed by atoms with van der Waals surface area (Å²) in [5, 5.41) is 7.35. The fourth-order valence-electron chi connectivity index (χ4n) is 1.50. The summed E-state index contributed by atoms with van der Waals surface area (Å²) < 4.78 is 0. The molecule has 3 N–H and O–H groups in total. The lowest BCUT2D eigenvalue weighted by atomic mass is 10.3. The summed E-state index contributed by atoms with van der Waals surface area (Å²) in [5.41, 5.74) is 5.89. The average molecular weight is 221 g/mol. The van der Waals surface area contributed by atoms with Gasteiger partial charge in [-0.3, -0.25) is 5.41 Å². The third-order valence-corrected chi connectivity index (χ3v) is 2.19. The number of nitrogen functional groups attached to an aromatic ring is 1. The van der Waals surface area contributed by atoms with Crippen LogP contribution in [-0.2, 0) is 0 Å². The number of nitrogens with two attached hydrogens (primary N) is 1. The van der Waals surface area contributed by atoms with Crippen molar-refractivity contribution < 1.29 is 0 Å². The molecule has 0 radical (unpaired) electrons. The fraction of sp³-hybridized carbons (Fsp3) is 0.545. The van der Waals surface area contributed by atoms with E-state index < -0.39 is 0 Å². The summed E-state index contributed by atoms with van der Waals surface area (Å²) in [4.78, 5) is 10.6. The zero-order valence-corrected chi connectivity index (χ0v) is 9.90. The standard InChI is InChI=1S/C11H19N5/c1-3-7-16(8-4-2)11-14-6-5-9(15-11)10(12)13/h5-6H,3-4,7-8H2,1-2H3,(H3,12,13). The highest BCUT2D eigenvalue weighted by atomic mass is 15.2. The molecule has 0 saturated carbocycles. The minimum absolute atomic E-state index is 0.0170. The Morgan fingerprint density at radius 3 is 2.50 bits per heavy atom. The van der Waals surface area contributed by atoms with E-state index in [0.29, 0.717) is 11.6 Å². The minimum atomic E-state index is -0.0170. The van der Waals surface area contributed by atoms with Gasteiger partial charge in [0.1, 0.15) is 11.5 Å². The van der Waals surface area contributed by atoms with Crippen LogP contribution in [0, 0.1) is 5.41 Å². The molecule has 16 heavy (non-hydrogen) atoms. The van der Waals surface area contributed by atoms with Gasteiger partial charge in [-0.1, -0.05) is 13.8 Å². The maximum absolute atomic E-state index is 7.35. The summed E-state index contributed by atoms with van der Waals surface area (Å²) in [7, 11) is 0. The van der Waals surface area contributed by atoms with Gasteiger partial charge in [-0.25, -0.2) is 9.97 Å². The van der Waals surface area contributed by atoms with Crippen molar-refractivity contribution in [1.82, 2.24) is 9.97 Å². The summed E-state index contributed by atoms with van der Waals surface area (Å²) >= 11 is 0. The summed E-state index contributed by atoms with van der Waals surface area (Å²) in [6, 6.07) is 1.65. The van der Waals surface area contributed by atoms with Crippen LogP contribution in [0.5, 0.6) is 0 Å². The lowest BCUT2D eigenvalue weighted by molar-refractivity contribution is 0.720. The maximum Gasteiger partial charge on any atom is 0.225 e. The number of nitrogens with zero attached hydrogens (tertiary/aromatic N) is 3. The third-order valence-electron chi connectivity index (χ3n) is 2.19. The molecule has 1 aromatic rings. The molecule has 0 aliphatic heterocycles. The Morgan fingerprint density at radius 2 is 2.00 bits per heavy atom. The number of hydrogen-bond acceptors (Lipinski definition) is 4. The predicted octanol–water partition coefficient (Wildman–Crippen LogP) is 1.39. The van der Waals surface area contributed by atoms with Crippen LogP contribution >= 0.6 is 0 Å². The number of amidine groups is 1. The maximum atomic E-state index is 7.35. The Morgan fingerprint density at radius 1 is 1.38 bits per heavy atom. The summed E-state index contributed by atoms with van der Waals surface area (Å²) in [6.45, 7) is 6.10. The van der Waals surface area contributed by atoms with Gasteiger partial charge >= 0.3 is 0 Å². The molecule has 1 rings (SSSR count). The van der Waals surface area contributed by atoms with Crippen molar-refractivity contribution >= 4 is 11.8 Å². The van der Waals surface area contributed by atoms with Gasteiger partial charge < -0.3 is 10.6 Å². The molecule has 0 fully saturated rings. The van der Waals surface area contributed by atoms with Crippen molar-refractivity contribution in [3.05, 3.63) is 18.0 Å². The molecule has 88 valence electrons. The number of hydrogen-bond donors (Lipinski definition) is 2. The van der Waals surface area contributed by atoms with Gasteiger partial charge in [0, 0.05) is 19.3 Å². The highest BCUT2D eigenvalue weighted by Gasteiger charge is 2.08. The summed E-state index contributed by atoms with van der Waals surface area (Å²) in [6.07, 6.45) is 3.75. The Labute approximate surface area is 96.2 Å². The van der Waals surface area contributed by atoms with Crippen LogP contribution < -0.4 is 10.6 Å². The van der Waals surface area contributed by atoms with Crippen LogP contribution in [0.25, 0.3) is 0 Å². The zero-order valence-electron chi connectivity index (χ0n) is 9.90. The molecule has 0 unspecified atom stereocenters. The van der Waals surface area contributed by atoms with Crippen molar-refractivity contribution in [3.63, 3.8) is 0 Å². The lowest BCUT2D eigenvalue weighted by Gasteiger charge is -2.21. The molecule has 0 aliphatic carbocycles. The van der Waals surface area contributed by atoms with Crippen LogP contribution in [-0.4, -0.2) is 28.9 Å². The first kappa shape index (κ1) is 12.4. The van der Waals surface area contributed by atoms with Crippen molar-refractivity contribution in [2.24, 2.45) is 5.73 Å². The van der Waals surface area contributed by atoms with Crippen LogP contribution in [0.15, 0.2) is 12.3 Å². The average Bonchev–Trinajstić information content (AvgIpc) is 2.29. The monoisotopic (exact) mass is 221 g/mol. The van der Waals surface area contributed by atoms with Gasteiger partial charge in [-0.15, -0.1) is 0 Å². The molecule has 5 nitrogen and oxygen atoms in total. The molecular formula is C11H19N5. The molecule has 0 aliphatic rings. The Kier molecular flexibility index (Phi) is 4.69. The Bertz CT molecular complexity index is 344. The largest absolute Gasteiger partial charge is 0.382 e. The first-order valence-electron chi connectivity index (χ1n) is 5.61. The number of nitrogens with one attached hydrogen (secondary N) is 1. The first-order chi connectivity index (χ1) is 7.69. The van der Waals surface area contributed by atoms with Crippen LogP contribution in [0.3, 0.4) is 0 Å². The van der Waals surface area contributed by atoms with Crippen molar-refractivity contribution in [1.29, 1.82) is 5.41 Å². The van der Waals surface area contributed by atoms with E-state index in [1.807, 2.05) is 0 Å². The third kappa shape index (κ3) is 3.18. The second kappa shape index (κ2) is 6.05. The van der Waals surface area contributed by atoms with E-state index in [-0.39, 0.29) is 5.84 Å². The highest BCUT2D eigenvalue weighted by Crippen LogP contribution is 2.08. The zero-order chi connectivity index (χ0) is 12.0. The molecule has 0 saturated heterocycles. The summed E-state index contributed by atoms with van der Waals surface area (Å²) in [5.74, 6) is 0.646. The van der Waals surface area contributed by atoms with Crippen LogP contribution in [0.1, 0.15) is 32.4 Å². The Balaban J connectivity index is 2.90. The van der Waals surface area contributed by atoms with Gasteiger partial charge in [0.25, 0.3) is 0 Å². The molecule has 0 bridgehead atoms. The highest BCUT2D eigenvalue weighted by molar-refractivity contribution is 5.93. The molecule has 1 aromatic heterocycles. The number of aromatic nitrogens is 2. The molecule has 0 atom stereocenters. The number of anilines is 1. The van der Waals surface area contributed by atoms with Crippen molar-refractivity contribution in [3.8, 4) is 0 Å². The van der Waals surface area contributed by atoms with Crippen LogP contribution in [0.2, 0.25) is 0 Å². The molecule has 0 aromatic carbocycles. The van der Waals surface area contributed by atoms with E-state index >= 15 is 0 Å². The molecule has 0 spiro atoms. The minimum Gasteiger partial charge on any atom is -0.382 e. The van der Waals surface area contributed by atoms with Gasteiger partial charge in [0.15, 0.2) is 0 Å². The van der Waals surface area contributed by atoms with Crippen LogP contribution in [0.4, 0.5) is 5.95 Å². The predicted molar refractivity (Wildman–Crippen MR) is 65.8 cm³/mol. The van der Waals surface area contributed by atoms with E-state index in [0.717, 1.165) is 25.9 Å². The van der Waals surface area contributed by atoms with Gasteiger partial charge in [-0.2, -0.15) is 0 Å². The van der Waals surface area contributed by atoms with E-state index in [2.05, 4.69) is 28.7 Å². The second-order valence-corrected chi connectivity index (χ2v) is 3.64. The van der Waals surface area contributed by atoms with E-state index in [1.165, 1.54) is 0 Å². The number of rotatable bonds is 6. The van der Waals surface area contributed by atoms with E-state index in [1.54, 1.807) is 12.3 Å². The van der Waals surface area contributed by atoms with E-state index in [4.69, 9.17) is 11.1 Å². The molecule has 1 heterocycles.